The number of ether oxygens (including phenoxy) is 3. The predicted molar refractivity (Wildman–Crippen MR) is 135 cm³/mol. The van der Waals surface area contributed by atoms with Gasteiger partial charge in [-0.3, -0.25) is 4.79 Å². The van der Waals surface area contributed by atoms with E-state index in [0.717, 1.165) is 11.1 Å². The first-order chi connectivity index (χ1) is 17.6. The van der Waals surface area contributed by atoms with Crippen molar-refractivity contribution >= 4 is 5.97 Å². The Morgan fingerprint density at radius 1 is 0.861 bits per heavy atom. The highest BCUT2D eigenvalue weighted by molar-refractivity contribution is 5.69. The van der Waals surface area contributed by atoms with E-state index in [2.05, 4.69) is 4.98 Å². The van der Waals surface area contributed by atoms with Crippen LogP contribution in [-0.2, 0) is 16.1 Å². The van der Waals surface area contributed by atoms with E-state index < -0.39 is 0 Å². The van der Waals surface area contributed by atoms with E-state index in [1.165, 1.54) is 6.07 Å². The molecule has 0 aliphatic heterocycles. The van der Waals surface area contributed by atoms with Gasteiger partial charge in [0.15, 0.2) is 5.82 Å². The van der Waals surface area contributed by atoms with E-state index in [1.54, 1.807) is 31.2 Å². The summed E-state index contributed by atoms with van der Waals surface area (Å²) in [6.07, 6.45) is 0.896. The first kappa shape index (κ1) is 24.9. The summed E-state index contributed by atoms with van der Waals surface area (Å²) in [5.74, 6) is 0.959. The zero-order chi connectivity index (χ0) is 25.2. The van der Waals surface area contributed by atoms with Crippen LogP contribution in [0.25, 0.3) is 22.6 Å². The number of benzene rings is 3. The van der Waals surface area contributed by atoms with Gasteiger partial charge in [0.1, 0.15) is 18.2 Å². The van der Waals surface area contributed by atoms with Crippen molar-refractivity contribution in [2.24, 2.45) is 0 Å². The van der Waals surface area contributed by atoms with Crippen molar-refractivity contribution in [2.75, 3.05) is 13.2 Å². The summed E-state index contributed by atoms with van der Waals surface area (Å²) in [4.78, 5) is 20.7. The minimum atomic E-state index is -0.326. The summed E-state index contributed by atoms with van der Waals surface area (Å²) in [7, 11) is 0. The van der Waals surface area contributed by atoms with Gasteiger partial charge in [-0.2, -0.15) is 4.98 Å². The first-order valence-electron chi connectivity index (χ1n) is 11.8. The molecule has 0 radical (unpaired) electrons. The van der Waals surface area contributed by atoms with E-state index in [4.69, 9.17) is 19.2 Å². The Kier molecular flexibility index (Phi) is 8.59. The van der Waals surface area contributed by atoms with Crippen molar-refractivity contribution in [3.05, 3.63) is 96.3 Å². The van der Waals surface area contributed by atoms with Crippen LogP contribution in [0.4, 0.5) is 4.39 Å². The van der Waals surface area contributed by atoms with E-state index >= 15 is 0 Å². The highest BCUT2D eigenvalue weighted by Crippen LogP contribution is 2.27. The number of carbonyl (C=O) groups is 1. The molecule has 7 heteroatoms. The molecular formula is C29H27FN2O4. The molecule has 0 N–H and O–H groups in total. The van der Waals surface area contributed by atoms with Crippen molar-refractivity contribution in [3.8, 4) is 34.3 Å². The van der Waals surface area contributed by atoms with E-state index in [9.17, 15) is 9.18 Å². The van der Waals surface area contributed by atoms with Gasteiger partial charge in [0, 0.05) is 29.2 Å². The molecule has 0 saturated heterocycles. The van der Waals surface area contributed by atoms with Gasteiger partial charge in [-0.15, -0.1) is 0 Å². The van der Waals surface area contributed by atoms with Gasteiger partial charge in [0.25, 0.3) is 0 Å². The molecule has 1 heterocycles. The summed E-state index contributed by atoms with van der Waals surface area (Å²) < 4.78 is 30.6. The van der Waals surface area contributed by atoms with E-state index in [1.807, 2.05) is 54.6 Å². The average molecular weight is 487 g/mol. The van der Waals surface area contributed by atoms with Crippen LogP contribution in [0.3, 0.4) is 0 Å². The molecule has 3 aromatic carbocycles. The first-order valence-corrected chi connectivity index (χ1v) is 11.8. The molecule has 4 rings (SSSR count). The van der Waals surface area contributed by atoms with Gasteiger partial charge in [-0.1, -0.05) is 48.5 Å². The highest BCUT2D eigenvalue weighted by atomic mass is 19.1. The number of hydrogen-bond acceptors (Lipinski definition) is 6. The van der Waals surface area contributed by atoms with Gasteiger partial charge in [-0.05, 0) is 43.7 Å². The quantitative estimate of drug-likeness (QED) is 0.184. The summed E-state index contributed by atoms with van der Waals surface area (Å²) in [6, 6.07) is 25.4. The maximum Gasteiger partial charge on any atom is 0.305 e. The number of halogens is 1. The lowest BCUT2D eigenvalue weighted by Gasteiger charge is -2.11. The Labute approximate surface area is 209 Å². The lowest BCUT2D eigenvalue weighted by Crippen LogP contribution is -2.06. The second-order valence-corrected chi connectivity index (χ2v) is 7.94. The summed E-state index contributed by atoms with van der Waals surface area (Å²) in [5, 5.41) is 0. The molecule has 0 aliphatic carbocycles. The lowest BCUT2D eigenvalue weighted by molar-refractivity contribution is -0.143. The fourth-order valence-corrected chi connectivity index (χ4v) is 3.49. The second kappa shape index (κ2) is 12.4. The summed E-state index contributed by atoms with van der Waals surface area (Å²) in [5.41, 5.74) is 2.84. The summed E-state index contributed by atoms with van der Waals surface area (Å²) >= 11 is 0. The molecule has 0 fully saturated rings. The third-order valence-electron chi connectivity index (χ3n) is 5.32. The molecule has 0 spiro atoms. The molecule has 184 valence electrons. The number of nitrogens with zero attached hydrogens (tertiary/aromatic N) is 2. The Hall–Kier alpha value is -4.26. The number of esters is 1. The Morgan fingerprint density at radius 3 is 2.36 bits per heavy atom. The largest absolute Gasteiger partial charge is 0.494 e. The molecule has 6 nitrogen and oxygen atoms in total. The van der Waals surface area contributed by atoms with E-state index in [0.29, 0.717) is 54.8 Å². The van der Waals surface area contributed by atoms with Crippen LogP contribution >= 0.6 is 0 Å². The molecule has 0 bridgehead atoms. The zero-order valence-electron chi connectivity index (χ0n) is 20.0. The van der Waals surface area contributed by atoms with Crippen LogP contribution in [0, 0.1) is 5.82 Å². The molecule has 0 saturated carbocycles. The molecule has 0 atom stereocenters. The molecule has 1 aromatic heterocycles. The summed E-state index contributed by atoms with van der Waals surface area (Å²) in [6.45, 7) is 2.63. The van der Waals surface area contributed by atoms with Gasteiger partial charge in [-0.25, -0.2) is 9.37 Å². The number of aromatic nitrogens is 2. The second-order valence-electron chi connectivity index (χ2n) is 7.94. The van der Waals surface area contributed by atoms with Crippen LogP contribution in [0.2, 0.25) is 0 Å². The van der Waals surface area contributed by atoms with Gasteiger partial charge in [0.05, 0.1) is 18.9 Å². The van der Waals surface area contributed by atoms with Crippen molar-refractivity contribution < 1.29 is 23.4 Å². The van der Waals surface area contributed by atoms with Crippen LogP contribution in [0.1, 0.15) is 25.3 Å². The third kappa shape index (κ3) is 6.88. The van der Waals surface area contributed by atoms with E-state index in [-0.39, 0.29) is 18.4 Å². The monoisotopic (exact) mass is 486 g/mol. The van der Waals surface area contributed by atoms with Crippen molar-refractivity contribution in [1.29, 1.82) is 0 Å². The minimum absolute atomic E-state index is 0.0515. The van der Waals surface area contributed by atoms with Crippen molar-refractivity contribution in [2.45, 2.75) is 26.4 Å². The number of hydrogen-bond donors (Lipinski definition) is 0. The number of carbonyl (C=O) groups excluding carboxylic acids is 1. The highest BCUT2D eigenvalue weighted by Gasteiger charge is 2.11. The zero-order valence-corrected chi connectivity index (χ0v) is 20.0. The SMILES string of the molecule is CCOC(=O)CCCOc1ccc(-c2nc(OCc3ccccc3F)cc(-c3ccccc3)n2)cc1. The minimum Gasteiger partial charge on any atom is -0.494 e. The van der Waals surface area contributed by atoms with Crippen LogP contribution in [0.5, 0.6) is 11.6 Å². The van der Waals surface area contributed by atoms with Crippen LogP contribution in [-0.4, -0.2) is 29.2 Å². The molecular weight excluding hydrogens is 459 g/mol. The topological polar surface area (TPSA) is 70.5 Å². The fraction of sp³-hybridized carbons (Fsp3) is 0.207. The molecule has 4 aromatic rings. The molecule has 0 aliphatic rings. The van der Waals surface area contributed by atoms with Gasteiger partial charge < -0.3 is 14.2 Å². The van der Waals surface area contributed by atoms with Gasteiger partial charge >= 0.3 is 5.97 Å². The number of rotatable bonds is 11. The Morgan fingerprint density at radius 2 is 1.61 bits per heavy atom. The third-order valence-corrected chi connectivity index (χ3v) is 5.32. The van der Waals surface area contributed by atoms with Crippen molar-refractivity contribution in [1.82, 2.24) is 9.97 Å². The normalized spacial score (nSPS) is 10.6. The van der Waals surface area contributed by atoms with Crippen LogP contribution in [0.15, 0.2) is 84.9 Å². The predicted octanol–water partition coefficient (Wildman–Crippen LogP) is 6.25. The van der Waals surface area contributed by atoms with Crippen LogP contribution < -0.4 is 9.47 Å². The average Bonchev–Trinajstić information content (AvgIpc) is 2.91. The lowest BCUT2D eigenvalue weighted by atomic mass is 10.1. The molecule has 0 unspecified atom stereocenters. The molecule has 36 heavy (non-hydrogen) atoms. The Bertz CT molecular complexity index is 1280. The maximum atomic E-state index is 14.1. The Balaban J connectivity index is 1.50. The van der Waals surface area contributed by atoms with Gasteiger partial charge in [0.2, 0.25) is 5.88 Å². The van der Waals surface area contributed by atoms with Crippen molar-refractivity contribution in [3.63, 3.8) is 0 Å². The smallest absolute Gasteiger partial charge is 0.305 e. The fourth-order valence-electron chi connectivity index (χ4n) is 3.49. The maximum absolute atomic E-state index is 14.1. The standard InChI is InChI=1S/C29H27FN2O4/c1-2-34-28(33)13-8-18-35-24-16-14-22(15-17-24)29-31-26(21-9-4-3-5-10-21)19-27(32-29)36-20-23-11-6-7-12-25(23)30/h3-7,9-12,14-17,19H,2,8,13,18,20H2,1H3. The molecule has 0 amide bonds.